The lowest BCUT2D eigenvalue weighted by Crippen LogP contribution is -2.45. The zero-order valence-corrected chi connectivity index (χ0v) is 7.45. The molecule has 1 atom stereocenters. The van der Waals surface area contributed by atoms with Crippen LogP contribution in [0.25, 0.3) is 0 Å². The van der Waals surface area contributed by atoms with Crippen molar-refractivity contribution in [1.29, 1.82) is 0 Å². The quantitative estimate of drug-likeness (QED) is 0.587. The highest BCUT2D eigenvalue weighted by atomic mass is 32.2. The van der Waals surface area contributed by atoms with Crippen molar-refractivity contribution in [1.82, 2.24) is 10.0 Å². The fourth-order valence-electron chi connectivity index (χ4n) is 1.26. The average Bonchev–Trinajstić information content (AvgIpc) is 1.85. The second kappa shape index (κ2) is 3.51. The van der Waals surface area contributed by atoms with E-state index in [1.54, 1.807) is 0 Å². The molecular formula is C6H14N2O2S. The molecule has 0 aromatic heterocycles. The minimum absolute atomic E-state index is 0.0961. The molecule has 0 aromatic carbocycles. The molecule has 1 rings (SSSR count). The van der Waals surface area contributed by atoms with E-state index in [1.165, 1.54) is 6.26 Å². The topological polar surface area (TPSA) is 58.2 Å². The van der Waals surface area contributed by atoms with Crippen molar-refractivity contribution < 1.29 is 8.42 Å². The van der Waals surface area contributed by atoms with E-state index >= 15 is 0 Å². The molecule has 0 radical (unpaired) electrons. The fourth-order valence-corrected chi connectivity index (χ4v) is 2.06. The van der Waals surface area contributed by atoms with Crippen molar-refractivity contribution in [2.75, 3.05) is 19.3 Å². The van der Waals surface area contributed by atoms with E-state index in [0.29, 0.717) is 0 Å². The van der Waals surface area contributed by atoms with Crippen LogP contribution < -0.4 is 10.0 Å². The Labute approximate surface area is 67.4 Å². The molecule has 0 aromatic rings. The zero-order valence-electron chi connectivity index (χ0n) is 6.63. The number of hydrogen-bond donors (Lipinski definition) is 2. The molecule has 1 saturated heterocycles. The molecule has 11 heavy (non-hydrogen) atoms. The highest BCUT2D eigenvalue weighted by Crippen LogP contribution is 2.01. The van der Waals surface area contributed by atoms with Gasteiger partial charge in [0, 0.05) is 12.6 Å². The zero-order chi connectivity index (χ0) is 8.32. The molecule has 0 aliphatic carbocycles. The highest BCUT2D eigenvalue weighted by molar-refractivity contribution is 7.88. The molecule has 66 valence electrons. The van der Waals surface area contributed by atoms with Crippen LogP contribution >= 0.6 is 0 Å². The summed E-state index contributed by atoms with van der Waals surface area (Å²) >= 11 is 0. The van der Waals surface area contributed by atoms with Crippen LogP contribution in [0.3, 0.4) is 0 Å². The standard InChI is InChI=1S/C6H14N2O2S/c1-11(9,10)8-6-3-2-4-7-5-6/h6-8H,2-5H2,1H3/t6-/m0/s1. The third-order valence-corrected chi connectivity index (χ3v) is 2.44. The number of piperidine rings is 1. The van der Waals surface area contributed by atoms with Crippen LogP contribution in [-0.4, -0.2) is 33.8 Å². The predicted octanol–water partition coefficient (Wildman–Crippen LogP) is -0.712. The van der Waals surface area contributed by atoms with Crippen molar-refractivity contribution in [3.8, 4) is 0 Å². The van der Waals surface area contributed by atoms with Crippen molar-refractivity contribution >= 4 is 10.0 Å². The Kier molecular flexibility index (Phi) is 2.86. The first-order valence-corrected chi connectivity index (χ1v) is 5.65. The van der Waals surface area contributed by atoms with Gasteiger partial charge in [0.1, 0.15) is 0 Å². The van der Waals surface area contributed by atoms with Gasteiger partial charge in [-0.25, -0.2) is 13.1 Å². The second-order valence-corrected chi connectivity index (χ2v) is 4.71. The summed E-state index contributed by atoms with van der Waals surface area (Å²) in [5.74, 6) is 0. The van der Waals surface area contributed by atoms with Crippen LogP contribution in [0, 0.1) is 0 Å². The molecule has 0 saturated carbocycles. The van der Waals surface area contributed by atoms with Crippen LogP contribution in [0.5, 0.6) is 0 Å². The number of sulfonamides is 1. The van der Waals surface area contributed by atoms with E-state index in [-0.39, 0.29) is 6.04 Å². The van der Waals surface area contributed by atoms with Gasteiger partial charge in [-0.2, -0.15) is 0 Å². The van der Waals surface area contributed by atoms with Gasteiger partial charge in [0.2, 0.25) is 10.0 Å². The lowest BCUT2D eigenvalue weighted by atomic mass is 10.1. The normalized spacial score (nSPS) is 26.8. The average molecular weight is 178 g/mol. The van der Waals surface area contributed by atoms with Gasteiger partial charge in [-0.05, 0) is 19.4 Å². The third kappa shape index (κ3) is 3.69. The number of hydrogen-bond acceptors (Lipinski definition) is 3. The lowest BCUT2D eigenvalue weighted by molar-refractivity contribution is 0.430. The van der Waals surface area contributed by atoms with Crippen molar-refractivity contribution in [2.45, 2.75) is 18.9 Å². The Morgan fingerprint density at radius 2 is 2.27 bits per heavy atom. The smallest absolute Gasteiger partial charge is 0.208 e. The summed E-state index contributed by atoms with van der Waals surface area (Å²) in [6, 6.07) is 0.0961. The van der Waals surface area contributed by atoms with Gasteiger partial charge in [0.05, 0.1) is 6.26 Å². The summed E-state index contributed by atoms with van der Waals surface area (Å²) in [6.45, 7) is 1.76. The third-order valence-electron chi connectivity index (χ3n) is 1.68. The van der Waals surface area contributed by atoms with Crippen LogP contribution in [0.2, 0.25) is 0 Å². The largest absolute Gasteiger partial charge is 0.315 e. The first-order chi connectivity index (χ1) is 5.08. The molecule has 1 aliphatic rings. The summed E-state index contributed by atoms with van der Waals surface area (Å²) in [7, 11) is -3.01. The van der Waals surface area contributed by atoms with E-state index in [4.69, 9.17) is 0 Å². The van der Waals surface area contributed by atoms with E-state index in [0.717, 1.165) is 25.9 Å². The summed E-state index contributed by atoms with van der Waals surface area (Å²) in [4.78, 5) is 0. The van der Waals surface area contributed by atoms with Gasteiger partial charge >= 0.3 is 0 Å². The summed E-state index contributed by atoms with van der Waals surface area (Å²) < 4.78 is 24.1. The summed E-state index contributed by atoms with van der Waals surface area (Å²) in [6.07, 6.45) is 3.19. The Morgan fingerprint density at radius 1 is 1.55 bits per heavy atom. The van der Waals surface area contributed by atoms with Gasteiger partial charge in [0.25, 0.3) is 0 Å². The summed E-state index contributed by atoms with van der Waals surface area (Å²) in [5, 5.41) is 3.13. The van der Waals surface area contributed by atoms with Gasteiger partial charge in [-0.3, -0.25) is 0 Å². The van der Waals surface area contributed by atoms with Gasteiger partial charge in [0.15, 0.2) is 0 Å². The van der Waals surface area contributed by atoms with Crippen LogP contribution in [0.4, 0.5) is 0 Å². The first kappa shape index (κ1) is 8.96. The minimum Gasteiger partial charge on any atom is -0.315 e. The van der Waals surface area contributed by atoms with Crippen LogP contribution in [0.1, 0.15) is 12.8 Å². The molecule has 0 bridgehead atoms. The SMILES string of the molecule is CS(=O)(=O)N[C@H]1CCCNC1. The van der Waals surface area contributed by atoms with E-state index in [2.05, 4.69) is 10.0 Å². The Morgan fingerprint density at radius 3 is 2.73 bits per heavy atom. The number of nitrogens with one attached hydrogen (secondary N) is 2. The van der Waals surface area contributed by atoms with Crippen molar-refractivity contribution in [2.24, 2.45) is 0 Å². The van der Waals surface area contributed by atoms with Crippen molar-refractivity contribution in [3.05, 3.63) is 0 Å². The molecule has 0 unspecified atom stereocenters. The first-order valence-electron chi connectivity index (χ1n) is 3.76. The van der Waals surface area contributed by atoms with E-state index < -0.39 is 10.0 Å². The van der Waals surface area contributed by atoms with Gasteiger partial charge in [-0.15, -0.1) is 0 Å². The maximum Gasteiger partial charge on any atom is 0.208 e. The monoisotopic (exact) mass is 178 g/mol. The number of rotatable bonds is 2. The fraction of sp³-hybridized carbons (Fsp3) is 1.00. The van der Waals surface area contributed by atoms with E-state index in [9.17, 15) is 8.42 Å². The highest BCUT2D eigenvalue weighted by Gasteiger charge is 2.15. The minimum atomic E-state index is -3.01. The van der Waals surface area contributed by atoms with Crippen molar-refractivity contribution in [3.63, 3.8) is 0 Å². The van der Waals surface area contributed by atoms with Crippen LogP contribution in [0.15, 0.2) is 0 Å². The molecule has 1 aliphatic heterocycles. The van der Waals surface area contributed by atoms with E-state index in [1.807, 2.05) is 0 Å². The Balaban J connectivity index is 2.36. The molecule has 0 amide bonds. The second-order valence-electron chi connectivity index (χ2n) is 2.93. The molecule has 5 heteroatoms. The molecule has 1 heterocycles. The molecule has 2 N–H and O–H groups in total. The molecular weight excluding hydrogens is 164 g/mol. The van der Waals surface area contributed by atoms with Gasteiger partial charge in [-0.1, -0.05) is 0 Å². The molecule has 1 fully saturated rings. The Bertz CT molecular complexity index is 207. The molecule has 4 nitrogen and oxygen atoms in total. The van der Waals surface area contributed by atoms with Crippen LogP contribution in [-0.2, 0) is 10.0 Å². The predicted molar refractivity (Wildman–Crippen MR) is 43.9 cm³/mol. The molecule has 0 spiro atoms. The van der Waals surface area contributed by atoms with Gasteiger partial charge < -0.3 is 5.32 Å². The lowest BCUT2D eigenvalue weighted by Gasteiger charge is -2.22. The maximum absolute atomic E-state index is 10.8. The summed E-state index contributed by atoms with van der Waals surface area (Å²) in [5.41, 5.74) is 0. The maximum atomic E-state index is 10.8. The Hall–Kier alpha value is -0.130.